The van der Waals surface area contributed by atoms with Gasteiger partial charge in [-0.2, -0.15) is 0 Å². The van der Waals surface area contributed by atoms with Crippen LogP contribution in [0.5, 0.6) is 5.75 Å². The summed E-state index contributed by atoms with van der Waals surface area (Å²) < 4.78 is 6.31. The number of hydrogen-bond acceptors (Lipinski definition) is 3. The highest BCUT2D eigenvalue weighted by atomic mass is 79.9. The Kier molecular flexibility index (Phi) is 4.07. The van der Waals surface area contributed by atoms with Crippen molar-refractivity contribution >= 4 is 15.9 Å². The largest absolute Gasteiger partial charge is 0.497 e. The number of hydrogen-bond donors (Lipinski definition) is 2. The third-order valence-electron chi connectivity index (χ3n) is 3.42. The molecule has 0 aromatic heterocycles. The van der Waals surface area contributed by atoms with Crippen LogP contribution in [0.15, 0.2) is 22.7 Å². The molecule has 4 heteroatoms. The summed E-state index contributed by atoms with van der Waals surface area (Å²) in [4.78, 5) is 0. The molecule has 1 unspecified atom stereocenters. The first-order valence-corrected chi connectivity index (χ1v) is 6.67. The van der Waals surface area contributed by atoms with Crippen molar-refractivity contribution < 1.29 is 9.84 Å². The molecule has 0 saturated carbocycles. The Morgan fingerprint density at radius 2 is 2.35 bits per heavy atom. The van der Waals surface area contributed by atoms with Gasteiger partial charge in [-0.05, 0) is 49.6 Å². The first-order chi connectivity index (χ1) is 8.19. The molecule has 0 amide bonds. The van der Waals surface area contributed by atoms with E-state index in [1.807, 2.05) is 18.2 Å². The average molecular weight is 300 g/mol. The molecular formula is C13H18BrNO2. The molecule has 1 fully saturated rings. The first kappa shape index (κ1) is 12.9. The molecular weight excluding hydrogens is 282 g/mol. The molecule has 94 valence electrons. The zero-order chi connectivity index (χ0) is 12.3. The SMILES string of the molecule is COc1ccc(Br)c(CC2(CO)CCCN2)c1. The van der Waals surface area contributed by atoms with Gasteiger partial charge in [0.2, 0.25) is 0 Å². The van der Waals surface area contributed by atoms with E-state index < -0.39 is 0 Å². The van der Waals surface area contributed by atoms with E-state index in [2.05, 4.69) is 21.2 Å². The molecule has 1 aromatic carbocycles. The van der Waals surface area contributed by atoms with Gasteiger partial charge in [-0.25, -0.2) is 0 Å². The molecule has 0 bridgehead atoms. The lowest BCUT2D eigenvalue weighted by molar-refractivity contribution is 0.177. The summed E-state index contributed by atoms with van der Waals surface area (Å²) in [7, 11) is 1.67. The first-order valence-electron chi connectivity index (χ1n) is 5.87. The fourth-order valence-electron chi connectivity index (χ4n) is 2.39. The number of rotatable bonds is 4. The second-order valence-electron chi connectivity index (χ2n) is 4.60. The standard InChI is InChI=1S/C13H18BrNO2/c1-17-11-3-4-12(14)10(7-11)8-13(9-16)5-2-6-15-13/h3-4,7,15-16H,2,5-6,8-9H2,1H3. The monoisotopic (exact) mass is 299 g/mol. The summed E-state index contributed by atoms with van der Waals surface area (Å²) in [6, 6.07) is 5.96. The highest BCUT2D eigenvalue weighted by molar-refractivity contribution is 9.10. The molecule has 1 saturated heterocycles. The van der Waals surface area contributed by atoms with Crippen LogP contribution >= 0.6 is 15.9 Å². The van der Waals surface area contributed by atoms with Crippen LogP contribution in [0, 0.1) is 0 Å². The Labute approximate surface area is 110 Å². The predicted molar refractivity (Wildman–Crippen MR) is 71.5 cm³/mol. The van der Waals surface area contributed by atoms with Crippen molar-refractivity contribution in [2.24, 2.45) is 0 Å². The van der Waals surface area contributed by atoms with E-state index in [4.69, 9.17) is 4.74 Å². The Hall–Kier alpha value is -0.580. The van der Waals surface area contributed by atoms with E-state index in [-0.39, 0.29) is 12.1 Å². The molecule has 0 radical (unpaired) electrons. The molecule has 1 heterocycles. The fourth-order valence-corrected chi connectivity index (χ4v) is 2.78. The maximum Gasteiger partial charge on any atom is 0.119 e. The molecule has 2 N–H and O–H groups in total. The van der Waals surface area contributed by atoms with Gasteiger partial charge in [-0.1, -0.05) is 15.9 Å². The minimum absolute atomic E-state index is 0.158. The van der Waals surface area contributed by atoms with Gasteiger partial charge in [-0.3, -0.25) is 0 Å². The maximum atomic E-state index is 9.59. The van der Waals surface area contributed by atoms with E-state index in [9.17, 15) is 5.11 Å². The lowest BCUT2D eigenvalue weighted by atomic mass is 9.90. The highest BCUT2D eigenvalue weighted by Crippen LogP contribution is 2.29. The Balaban J connectivity index is 2.22. The van der Waals surface area contributed by atoms with Crippen molar-refractivity contribution in [2.75, 3.05) is 20.3 Å². The van der Waals surface area contributed by atoms with E-state index in [0.29, 0.717) is 0 Å². The van der Waals surface area contributed by atoms with Gasteiger partial charge in [-0.15, -0.1) is 0 Å². The number of nitrogens with one attached hydrogen (secondary N) is 1. The third kappa shape index (κ3) is 2.81. The summed E-state index contributed by atoms with van der Waals surface area (Å²) in [5, 5.41) is 13.0. The van der Waals surface area contributed by atoms with Crippen LogP contribution in [0.4, 0.5) is 0 Å². The van der Waals surface area contributed by atoms with Gasteiger partial charge in [0.05, 0.1) is 13.7 Å². The van der Waals surface area contributed by atoms with Gasteiger partial charge in [0.15, 0.2) is 0 Å². The Morgan fingerprint density at radius 1 is 1.53 bits per heavy atom. The number of benzene rings is 1. The van der Waals surface area contributed by atoms with Crippen LogP contribution in [-0.4, -0.2) is 30.9 Å². The molecule has 3 nitrogen and oxygen atoms in total. The minimum atomic E-state index is -0.158. The zero-order valence-electron chi connectivity index (χ0n) is 10.0. The van der Waals surface area contributed by atoms with Crippen LogP contribution in [0.25, 0.3) is 0 Å². The van der Waals surface area contributed by atoms with Crippen molar-refractivity contribution in [3.8, 4) is 5.75 Å². The second kappa shape index (κ2) is 5.38. The molecule has 1 atom stereocenters. The van der Waals surface area contributed by atoms with E-state index in [0.717, 1.165) is 36.0 Å². The van der Waals surface area contributed by atoms with E-state index in [1.54, 1.807) is 7.11 Å². The lowest BCUT2D eigenvalue weighted by Crippen LogP contribution is -2.45. The zero-order valence-corrected chi connectivity index (χ0v) is 11.6. The van der Waals surface area contributed by atoms with Crippen molar-refractivity contribution in [3.05, 3.63) is 28.2 Å². The summed E-state index contributed by atoms with van der Waals surface area (Å²) in [6.07, 6.45) is 2.97. The fraction of sp³-hybridized carbons (Fsp3) is 0.538. The van der Waals surface area contributed by atoms with Gasteiger partial charge in [0.25, 0.3) is 0 Å². The quantitative estimate of drug-likeness (QED) is 0.895. The van der Waals surface area contributed by atoms with Crippen LogP contribution in [0.1, 0.15) is 18.4 Å². The topological polar surface area (TPSA) is 41.5 Å². The van der Waals surface area contributed by atoms with E-state index >= 15 is 0 Å². The number of methoxy groups -OCH3 is 1. The molecule has 0 aliphatic carbocycles. The smallest absolute Gasteiger partial charge is 0.119 e. The summed E-state index contributed by atoms with van der Waals surface area (Å²) >= 11 is 3.56. The number of aliphatic hydroxyl groups excluding tert-OH is 1. The van der Waals surface area contributed by atoms with Gasteiger partial charge >= 0.3 is 0 Å². The molecule has 1 aliphatic heterocycles. The van der Waals surface area contributed by atoms with Gasteiger partial charge < -0.3 is 15.2 Å². The Bertz CT molecular complexity index is 389. The van der Waals surface area contributed by atoms with Crippen LogP contribution < -0.4 is 10.1 Å². The lowest BCUT2D eigenvalue weighted by Gasteiger charge is -2.27. The van der Waals surface area contributed by atoms with Crippen LogP contribution in [0.3, 0.4) is 0 Å². The second-order valence-corrected chi connectivity index (χ2v) is 5.46. The van der Waals surface area contributed by atoms with Crippen molar-refractivity contribution in [1.82, 2.24) is 5.32 Å². The molecule has 2 rings (SSSR count). The minimum Gasteiger partial charge on any atom is -0.497 e. The highest BCUT2D eigenvalue weighted by Gasteiger charge is 2.33. The van der Waals surface area contributed by atoms with Crippen molar-refractivity contribution in [1.29, 1.82) is 0 Å². The van der Waals surface area contributed by atoms with Crippen LogP contribution in [-0.2, 0) is 6.42 Å². The molecule has 17 heavy (non-hydrogen) atoms. The molecule has 1 aromatic rings. The van der Waals surface area contributed by atoms with Crippen molar-refractivity contribution in [3.63, 3.8) is 0 Å². The normalized spacial score (nSPS) is 23.9. The summed E-state index contributed by atoms with van der Waals surface area (Å²) in [5.41, 5.74) is 1.02. The van der Waals surface area contributed by atoms with Crippen molar-refractivity contribution in [2.45, 2.75) is 24.8 Å². The van der Waals surface area contributed by atoms with Crippen LogP contribution in [0.2, 0.25) is 0 Å². The number of halogens is 1. The Morgan fingerprint density at radius 3 is 2.94 bits per heavy atom. The van der Waals surface area contributed by atoms with Gasteiger partial charge in [0, 0.05) is 10.0 Å². The predicted octanol–water partition coefficient (Wildman–Crippen LogP) is 2.11. The molecule has 1 aliphatic rings. The summed E-state index contributed by atoms with van der Waals surface area (Å²) in [5.74, 6) is 0.856. The maximum absolute atomic E-state index is 9.59. The summed E-state index contributed by atoms with van der Waals surface area (Å²) in [6.45, 7) is 1.17. The number of ether oxygens (including phenoxy) is 1. The third-order valence-corrected chi connectivity index (χ3v) is 4.19. The number of aliphatic hydroxyl groups is 1. The average Bonchev–Trinajstić information content (AvgIpc) is 2.81. The molecule has 0 spiro atoms. The van der Waals surface area contributed by atoms with Gasteiger partial charge in [0.1, 0.15) is 5.75 Å². The van der Waals surface area contributed by atoms with E-state index in [1.165, 1.54) is 5.56 Å².